The number of alkyl halides is 6. The average Bonchev–Trinajstić information content (AvgIpc) is 2.60. The quantitative estimate of drug-likeness (QED) is 0.639. The van der Waals surface area contributed by atoms with Gasteiger partial charge in [0.1, 0.15) is 5.70 Å². The molecule has 152 valence electrons. The highest BCUT2D eigenvalue weighted by atomic mass is 32.2. The number of benzene rings is 1. The van der Waals surface area contributed by atoms with Gasteiger partial charge in [-0.05, 0) is 5.56 Å². The van der Waals surface area contributed by atoms with Crippen LogP contribution in [0.4, 0.5) is 26.3 Å². The molecule has 0 atom stereocenters. The fourth-order valence-electron chi connectivity index (χ4n) is 2.48. The maximum atomic E-state index is 14.3. The first kappa shape index (κ1) is 21.5. The molecule has 27 heavy (non-hydrogen) atoms. The van der Waals surface area contributed by atoms with E-state index < -0.39 is 39.6 Å². The van der Waals surface area contributed by atoms with Gasteiger partial charge in [0.05, 0.1) is 24.4 Å². The predicted octanol–water partition coefficient (Wildman–Crippen LogP) is 3.31. The van der Waals surface area contributed by atoms with Crippen molar-refractivity contribution in [2.75, 3.05) is 26.3 Å². The fraction of sp³-hybridized carbons (Fsp3) is 0.500. The lowest BCUT2D eigenvalue weighted by molar-refractivity contribution is -0.253. The Morgan fingerprint density at radius 1 is 1.11 bits per heavy atom. The number of allylic oxidation sites excluding steroid dienone is 1. The van der Waals surface area contributed by atoms with Crippen molar-refractivity contribution in [3.8, 4) is 0 Å². The van der Waals surface area contributed by atoms with Crippen LogP contribution in [0.5, 0.6) is 0 Å². The second-order valence-corrected chi connectivity index (χ2v) is 7.74. The van der Waals surface area contributed by atoms with Crippen molar-refractivity contribution in [1.82, 2.24) is 4.90 Å². The number of rotatable bonds is 7. The molecular formula is C16H17F6NO3S. The molecule has 0 spiro atoms. The highest BCUT2D eigenvalue weighted by molar-refractivity contribution is 7.93. The standard InChI is InChI=1S/C16H17F6NO3S/c17-14(18)16(21,22)15(19,20)13(23-6-8-26-9-7-23)11-27(24,25)10-12-4-2-1-3-5-12/h1-5,11,14H,6-10H2. The molecule has 0 unspecified atom stereocenters. The Kier molecular flexibility index (Phi) is 6.46. The molecular weight excluding hydrogens is 400 g/mol. The van der Waals surface area contributed by atoms with Crippen molar-refractivity contribution in [3.05, 3.63) is 47.0 Å². The van der Waals surface area contributed by atoms with Crippen LogP contribution in [0.25, 0.3) is 0 Å². The molecule has 0 radical (unpaired) electrons. The van der Waals surface area contributed by atoms with Gasteiger partial charge in [0.15, 0.2) is 9.84 Å². The van der Waals surface area contributed by atoms with Crippen LogP contribution in [0.2, 0.25) is 0 Å². The third-order valence-electron chi connectivity index (χ3n) is 3.87. The summed E-state index contributed by atoms with van der Waals surface area (Å²) in [5, 5.41) is -0.0262. The van der Waals surface area contributed by atoms with Crippen molar-refractivity contribution < 1.29 is 39.5 Å². The fourth-order valence-corrected chi connectivity index (χ4v) is 3.86. The van der Waals surface area contributed by atoms with Crippen LogP contribution < -0.4 is 0 Å². The Bertz CT molecular complexity index is 762. The molecule has 0 aromatic heterocycles. The topological polar surface area (TPSA) is 46.6 Å². The molecule has 1 aliphatic heterocycles. The summed E-state index contributed by atoms with van der Waals surface area (Å²) in [4.78, 5) is 0.641. The number of halogens is 6. The molecule has 1 aromatic carbocycles. The van der Waals surface area contributed by atoms with E-state index in [2.05, 4.69) is 0 Å². The van der Waals surface area contributed by atoms with E-state index in [1.165, 1.54) is 24.3 Å². The zero-order valence-electron chi connectivity index (χ0n) is 13.9. The highest BCUT2D eigenvalue weighted by Crippen LogP contribution is 2.45. The van der Waals surface area contributed by atoms with Gasteiger partial charge in [-0.1, -0.05) is 30.3 Å². The smallest absolute Gasteiger partial charge is 0.375 e. The molecule has 0 bridgehead atoms. The van der Waals surface area contributed by atoms with Gasteiger partial charge in [0, 0.05) is 13.1 Å². The van der Waals surface area contributed by atoms with Crippen LogP contribution in [0.3, 0.4) is 0 Å². The summed E-state index contributed by atoms with van der Waals surface area (Å²) in [5.74, 6) is -11.9. The number of morpholine rings is 1. The van der Waals surface area contributed by atoms with Crippen LogP contribution in [-0.2, 0) is 20.3 Å². The Morgan fingerprint density at radius 3 is 2.19 bits per heavy atom. The first-order chi connectivity index (χ1) is 12.5. The van der Waals surface area contributed by atoms with Crippen LogP contribution in [0, 0.1) is 0 Å². The number of hydrogen-bond acceptors (Lipinski definition) is 4. The van der Waals surface area contributed by atoms with E-state index in [0.717, 1.165) is 0 Å². The third kappa shape index (κ3) is 4.95. The normalized spacial score (nSPS) is 17.4. The van der Waals surface area contributed by atoms with Crippen LogP contribution in [-0.4, -0.2) is 57.9 Å². The lowest BCUT2D eigenvalue weighted by Crippen LogP contribution is -2.53. The summed E-state index contributed by atoms with van der Waals surface area (Å²) in [6.45, 7) is -0.929. The molecule has 11 heteroatoms. The molecule has 1 saturated heterocycles. The van der Waals surface area contributed by atoms with E-state index in [-0.39, 0.29) is 37.3 Å². The Balaban J connectivity index is 2.47. The van der Waals surface area contributed by atoms with E-state index in [9.17, 15) is 34.8 Å². The zero-order valence-corrected chi connectivity index (χ0v) is 14.7. The predicted molar refractivity (Wildman–Crippen MR) is 85.4 cm³/mol. The van der Waals surface area contributed by atoms with Crippen molar-refractivity contribution in [1.29, 1.82) is 0 Å². The van der Waals surface area contributed by atoms with Crippen LogP contribution in [0.1, 0.15) is 5.56 Å². The number of nitrogens with zero attached hydrogens (tertiary/aromatic N) is 1. The average molecular weight is 417 g/mol. The molecule has 0 saturated carbocycles. The third-order valence-corrected chi connectivity index (χ3v) is 5.19. The van der Waals surface area contributed by atoms with Gasteiger partial charge in [-0.15, -0.1) is 0 Å². The SMILES string of the molecule is O=S(=O)(C=C(N1CCOCC1)C(F)(F)C(F)(F)C(F)F)Cc1ccccc1. The second-order valence-electron chi connectivity index (χ2n) is 5.89. The van der Waals surface area contributed by atoms with Gasteiger partial charge in [-0.25, -0.2) is 17.2 Å². The van der Waals surface area contributed by atoms with Crippen LogP contribution >= 0.6 is 0 Å². The number of ether oxygens (including phenoxy) is 1. The van der Waals surface area contributed by atoms with E-state index in [0.29, 0.717) is 4.90 Å². The summed E-state index contributed by atoms with van der Waals surface area (Å²) in [5.41, 5.74) is -1.42. The molecule has 0 aliphatic carbocycles. The van der Waals surface area contributed by atoms with E-state index in [1.807, 2.05) is 0 Å². The molecule has 0 amide bonds. The minimum absolute atomic E-state index is 0.0262. The van der Waals surface area contributed by atoms with Gasteiger partial charge in [-0.2, -0.15) is 17.6 Å². The largest absolute Gasteiger partial charge is 0.378 e. The minimum atomic E-state index is -5.74. The molecule has 1 heterocycles. The maximum Gasteiger partial charge on any atom is 0.375 e. The molecule has 1 fully saturated rings. The van der Waals surface area contributed by atoms with Crippen molar-refractivity contribution >= 4 is 9.84 Å². The van der Waals surface area contributed by atoms with Gasteiger partial charge in [-0.3, -0.25) is 0 Å². The van der Waals surface area contributed by atoms with E-state index in [1.54, 1.807) is 6.07 Å². The van der Waals surface area contributed by atoms with E-state index in [4.69, 9.17) is 4.74 Å². The number of hydrogen-bond donors (Lipinski definition) is 0. The van der Waals surface area contributed by atoms with E-state index >= 15 is 0 Å². The van der Waals surface area contributed by atoms with Gasteiger partial charge in [0.25, 0.3) is 0 Å². The number of sulfone groups is 1. The monoisotopic (exact) mass is 417 g/mol. The molecule has 1 aliphatic rings. The second kappa shape index (κ2) is 8.09. The molecule has 1 aromatic rings. The van der Waals surface area contributed by atoms with Gasteiger partial charge in [0.2, 0.25) is 0 Å². The first-order valence-corrected chi connectivity index (χ1v) is 9.54. The maximum absolute atomic E-state index is 14.3. The van der Waals surface area contributed by atoms with Crippen molar-refractivity contribution in [3.63, 3.8) is 0 Å². The minimum Gasteiger partial charge on any atom is -0.378 e. The summed E-state index contributed by atoms with van der Waals surface area (Å²) in [7, 11) is -4.46. The lowest BCUT2D eigenvalue weighted by Gasteiger charge is -2.37. The molecule has 4 nitrogen and oxygen atoms in total. The summed E-state index contributed by atoms with van der Waals surface area (Å²) >= 11 is 0. The lowest BCUT2D eigenvalue weighted by atomic mass is 10.1. The van der Waals surface area contributed by atoms with Gasteiger partial charge < -0.3 is 9.64 Å². The highest BCUT2D eigenvalue weighted by Gasteiger charge is 2.66. The Labute approximate surface area is 152 Å². The Morgan fingerprint density at radius 2 is 1.67 bits per heavy atom. The summed E-state index contributed by atoms with van der Waals surface area (Å²) in [6.07, 6.45) is -4.67. The van der Waals surface area contributed by atoms with Crippen molar-refractivity contribution in [2.45, 2.75) is 24.0 Å². The Hall–Kier alpha value is -1.75. The van der Waals surface area contributed by atoms with Crippen molar-refractivity contribution in [2.24, 2.45) is 0 Å². The zero-order chi connectivity index (χ0) is 20.3. The molecule has 2 rings (SSSR count). The molecule has 0 N–H and O–H groups in total. The first-order valence-electron chi connectivity index (χ1n) is 7.83. The van der Waals surface area contributed by atoms with Gasteiger partial charge >= 0.3 is 18.3 Å². The van der Waals surface area contributed by atoms with Crippen LogP contribution in [0.15, 0.2) is 41.4 Å². The summed E-state index contributed by atoms with van der Waals surface area (Å²) in [6, 6.07) is 7.44. The summed E-state index contributed by atoms with van der Waals surface area (Å²) < 4.78 is 110.